The summed E-state index contributed by atoms with van der Waals surface area (Å²) in [7, 11) is 1.89. The van der Waals surface area contributed by atoms with Gasteiger partial charge in [0, 0.05) is 33.0 Å². The van der Waals surface area contributed by atoms with Gasteiger partial charge in [0.2, 0.25) is 5.91 Å². The topological polar surface area (TPSA) is 58.2 Å². The molecule has 0 spiro atoms. The zero-order valence-corrected chi connectivity index (χ0v) is 14.5. The number of carbonyl (C=O) groups is 1. The largest absolute Gasteiger partial charge is 0.378 e. The number of nitrogens with one attached hydrogen (secondary N) is 1. The number of hydrogen-bond acceptors (Lipinski definition) is 3. The number of imidazole rings is 1. The molecule has 3 rings (SSSR count). The Hall–Kier alpha value is -1.88. The van der Waals surface area contributed by atoms with Gasteiger partial charge in [-0.25, -0.2) is 4.98 Å². The monoisotopic (exact) mass is 329 g/mol. The Morgan fingerprint density at radius 3 is 3.04 bits per heavy atom. The molecule has 5 heteroatoms. The number of rotatable bonds is 7. The minimum Gasteiger partial charge on any atom is -0.378 e. The number of carbonyl (C=O) groups excluding carboxylic acids is 1. The first kappa shape index (κ1) is 17.0. The van der Waals surface area contributed by atoms with Crippen molar-refractivity contribution in [3.63, 3.8) is 0 Å². The lowest BCUT2D eigenvalue weighted by Gasteiger charge is -2.23. The second kappa shape index (κ2) is 8.29. The third kappa shape index (κ3) is 4.57. The van der Waals surface area contributed by atoms with Crippen molar-refractivity contribution in [3.8, 4) is 0 Å². The molecule has 1 aromatic heterocycles. The zero-order chi connectivity index (χ0) is 16.8. The Bertz CT molecular complexity index is 628. The number of H-pyrrole nitrogens is 1. The van der Waals surface area contributed by atoms with Crippen LogP contribution >= 0.6 is 0 Å². The van der Waals surface area contributed by atoms with Crippen LogP contribution in [0, 0.1) is 0 Å². The molecule has 1 aliphatic rings. The predicted octanol–water partition coefficient (Wildman–Crippen LogP) is 3.30. The quantitative estimate of drug-likeness (QED) is 0.848. The molecule has 0 aliphatic carbocycles. The first-order valence-corrected chi connectivity index (χ1v) is 9.01. The summed E-state index contributed by atoms with van der Waals surface area (Å²) in [5.74, 6) is 1.21. The molecule has 1 unspecified atom stereocenters. The third-order valence-electron chi connectivity index (χ3n) is 4.73. The van der Waals surface area contributed by atoms with Crippen molar-refractivity contribution in [2.24, 2.45) is 0 Å². The highest BCUT2D eigenvalue weighted by atomic mass is 16.5. The molecule has 130 valence electrons. The summed E-state index contributed by atoms with van der Waals surface area (Å²) in [5.41, 5.74) is 2.08. The van der Waals surface area contributed by atoms with E-state index >= 15 is 0 Å². The van der Waals surface area contributed by atoms with E-state index in [1.54, 1.807) is 0 Å². The third-order valence-corrected chi connectivity index (χ3v) is 4.73. The summed E-state index contributed by atoms with van der Waals surface area (Å²) in [6.45, 7) is 1.62. The average molecular weight is 329 g/mol. The SMILES string of the molecule is CN(CCCc1nc2ccccc2[nH]1)C(=O)CCC1CCCCO1. The minimum atomic E-state index is 0.216. The van der Waals surface area contributed by atoms with E-state index in [-0.39, 0.29) is 12.0 Å². The van der Waals surface area contributed by atoms with E-state index < -0.39 is 0 Å². The van der Waals surface area contributed by atoms with Crippen molar-refractivity contribution in [2.45, 2.75) is 51.0 Å². The van der Waals surface area contributed by atoms with Crippen molar-refractivity contribution < 1.29 is 9.53 Å². The fourth-order valence-electron chi connectivity index (χ4n) is 3.24. The molecule has 2 heterocycles. The minimum absolute atomic E-state index is 0.216. The Balaban J connectivity index is 1.38. The van der Waals surface area contributed by atoms with Gasteiger partial charge in [0.25, 0.3) is 0 Å². The zero-order valence-electron chi connectivity index (χ0n) is 14.5. The number of aryl methyl sites for hydroxylation is 1. The number of para-hydroxylation sites is 2. The summed E-state index contributed by atoms with van der Waals surface area (Å²) >= 11 is 0. The van der Waals surface area contributed by atoms with Gasteiger partial charge in [0.1, 0.15) is 5.82 Å². The van der Waals surface area contributed by atoms with Crippen LogP contribution in [0.1, 0.15) is 44.3 Å². The van der Waals surface area contributed by atoms with Crippen LogP contribution in [-0.4, -0.2) is 47.1 Å². The van der Waals surface area contributed by atoms with Gasteiger partial charge in [0.05, 0.1) is 17.1 Å². The number of nitrogens with zero attached hydrogens (tertiary/aromatic N) is 2. The van der Waals surface area contributed by atoms with Gasteiger partial charge in [-0.2, -0.15) is 0 Å². The first-order chi connectivity index (χ1) is 11.7. The van der Waals surface area contributed by atoms with Crippen molar-refractivity contribution in [1.82, 2.24) is 14.9 Å². The average Bonchev–Trinajstić information content (AvgIpc) is 3.03. The molecule has 1 saturated heterocycles. The van der Waals surface area contributed by atoms with E-state index in [4.69, 9.17) is 4.74 Å². The Morgan fingerprint density at radius 1 is 1.38 bits per heavy atom. The summed E-state index contributed by atoms with van der Waals surface area (Å²) in [5, 5.41) is 0. The van der Waals surface area contributed by atoms with Gasteiger partial charge in [-0.15, -0.1) is 0 Å². The van der Waals surface area contributed by atoms with E-state index in [0.29, 0.717) is 6.42 Å². The van der Waals surface area contributed by atoms with Crippen LogP contribution in [0.5, 0.6) is 0 Å². The molecule has 1 amide bonds. The van der Waals surface area contributed by atoms with Gasteiger partial charge >= 0.3 is 0 Å². The number of fused-ring (bicyclic) bond motifs is 1. The number of hydrogen-bond donors (Lipinski definition) is 1. The lowest BCUT2D eigenvalue weighted by Crippen LogP contribution is -2.29. The molecular formula is C19H27N3O2. The van der Waals surface area contributed by atoms with Crippen LogP contribution in [0.25, 0.3) is 11.0 Å². The number of amides is 1. The fourth-order valence-corrected chi connectivity index (χ4v) is 3.24. The Morgan fingerprint density at radius 2 is 2.25 bits per heavy atom. The standard InChI is InChI=1S/C19H27N3O2/c1-22(19(23)12-11-15-7-4-5-14-24-15)13-6-10-18-20-16-8-2-3-9-17(16)21-18/h2-3,8-9,15H,4-7,10-14H2,1H3,(H,20,21). The van der Waals surface area contributed by atoms with E-state index in [2.05, 4.69) is 9.97 Å². The van der Waals surface area contributed by atoms with Crippen LogP contribution < -0.4 is 0 Å². The van der Waals surface area contributed by atoms with Crippen molar-refractivity contribution in [1.29, 1.82) is 0 Å². The van der Waals surface area contributed by atoms with Gasteiger partial charge in [-0.05, 0) is 44.2 Å². The van der Waals surface area contributed by atoms with Gasteiger partial charge in [-0.3, -0.25) is 4.79 Å². The lowest BCUT2D eigenvalue weighted by molar-refractivity contribution is -0.131. The van der Waals surface area contributed by atoms with Crippen LogP contribution in [0.2, 0.25) is 0 Å². The van der Waals surface area contributed by atoms with E-state index in [1.165, 1.54) is 6.42 Å². The molecule has 0 radical (unpaired) electrons. The molecule has 24 heavy (non-hydrogen) atoms. The number of benzene rings is 1. The van der Waals surface area contributed by atoms with Crippen molar-refractivity contribution >= 4 is 16.9 Å². The van der Waals surface area contributed by atoms with Crippen LogP contribution in [0.15, 0.2) is 24.3 Å². The highest BCUT2D eigenvalue weighted by Gasteiger charge is 2.17. The van der Waals surface area contributed by atoms with Crippen molar-refractivity contribution in [3.05, 3.63) is 30.1 Å². The number of aromatic amines is 1. The normalized spacial score (nSPS) is 18.0. The molecule has 2 aromatic rings. The Kier molecular flexibility index (Phi) is 5.86. The number of aromatic nitrogens is 2. The maximum absolute atomic E-state index is 12.2. The second-order valence-electron chi connectivity index (χ2n) is 6.65. The van der Waals surface area contributed by atoms with Crippen molar-refractivity contribution in [2.75, 3.05) is 20.2 Å². The molecule has 0 saturated carbocycles. The first-order valence-electron chi connectivity index (χ1n) is 9.01. The summed E-state index contributed by atoms with van der Waals surface area (Å²) in [6, 6.07) is 8.05. The summed E-state index contributed by atoms with van der Waals surface area (Å²) < 4.78 is 5.69. The van der Waals surface area contributed by atoms with Crippen LogP contribution in [0.4, 0.5) is 0 Å². The van der Waals surface area contributed by atoms with Gasteiger partial charge < -0.3 is 14.6 Å². The summed E-state index contributed by atoms with van der Waals surface area (Å²) in [6.07, 6.45) is 6.99. The summed E-state index contributed by atoms with van der Waals surface area (Å²) in [4.78, 5) is 22.0. The molecule has 0 bridgehead atoms. The van der Waals surface area contributed by atoms with Crippen LogP contribution in [-0.2, 0) is 16.0 Å². The molecule has 1 aliphatic heterocycles. The number of ether oxygens (including phenoxy) is 1. The van der Waals surface area contributed by atoms with E-state index in [0.717, 1.165) is 62.1 Å². The molecular weight excluding hydrogens is 302 g/mol. The molecule has 1 fully saturated rings. The highest BCUT2D eigenvalue weighted by molar-refractivity contribution is 5.76. The van der Waals surface area contributed by atoms with E-state index in [1.807, 2.05) is 36.2 Å². The van der Waals surface area contributed by atoms with Gasteiger partial charge in [0.15, 0.2) is 0 Å². The van der Waals surface area contributed by atoms with E-state index in [9.17, 15) is 4.79 Å². The Labute approximate surface area is 143 Å². The second-order valence-corrected chi connectivity index (χ2v) is 6.65. The molecule has 1 aromatic carbocycles. The predicted molar refractivity (Wildman–Crippen MR) is 94.9 cm³/mol. The smallest absolute Gasteiger partial charge is 0.222 e. The highest BCUT2D eigenvalue weighted by Crippen LogP contribution is 2.17. The lowest BCUT2D eigenvalue weighted by atomic mass is 10.0. The van der Waals surface area contributed by atoms with Crippen LogP contribution in [0.3, 0.4) is 0 Å². The fraction of sp³-hybridized carbons (Fsp3) is 0.579. The maximum atomic E-state index is 12.2. The molecule has 1 N–H and O–H groups in total. The maximum Gasteiger partial charge on any atom is 0.222 e. The van der Waals surface area contributed by atoms with Gasteiger partial charge in [-0.1, -0.05) is 12.1 Å². The molecule has 1 atom stereocenters. The molecule has 5 nitrogen and oxygen atoms in total.